The topological polar surface area (TPSA) is 26.3 Å². The van der Waals surface area contributed by atoms with E-state index in [1.54, 1.807) is 0 Å². The summed E-state index contributed by atoms with van der Waals surface area (Å²) in [7, 11) is 0. The molecular formula is C11H18O2. The Balaban J connectivity index is 2.04. The zero-order valence-corrected chi connectivity index (χ0v) is 8.56. The van der Waals surface area contributed by atoms with Crippen LogP contribution in [0.2, 0.25) is 0 Å². The maximum absolute atomic E-state index is 11.1. The van der Waals surface area contributed by atoms with Crippen molar-refractivity contribution in [2.45, 2.75) is 51.6 Å². The average Bonchev–Trinajstić information content (AvgIpc) is 2.35. The van der Waals surface area contributed by atoms with Crippen molar-refractivity contribution in [3.8, 4) is 0 Å². The molecule has 2 fully saturated rings. The summed E-state index contributed by atoms with van der Waals surface area (Å²) in [6, 6.07) is 0. The minimum absolute atomic E-state index is 0.0669. The highest BCUT2D eigenvalue weighted by atomic mass is 16.5. The van der Waals surface area contributed by atoms with Crippen LogP contribution in [0.1, 0.15) is 46.0 Å². The van der Waals surface area contributed by atoms with E-state index in [0.717, 1.165) is 38.7 Å². The van der Waals surface area contributed by atoms with E-state index in [1.807, 2.05) is 0 Å². The molecule has 0 unspecified atom stereocenters. The van der Waals surface area contributed by atoms with Crippen LogP contribution in [0.25, 0.3) is 0 Å². The maximum atomic E-state index is 11.1. The highest BCUT2D eigenvalue weighted by molar-refractivity contribution is 5.79. The van der Waals surface area contributed by atoms with E-state index in [9.17, 15) is 4.79 Å². The van der Waals surface area contributed by atoms with Crippen molar-refractivity contribution in [1.29, 1.82) is 0 Å². The van der Waals surface area contributed by atoms with Crippen LogP contribution in [-0.4, -0.2) is 18.0 Å². The highest BCUT2D eigenvalue weighted by Gasteiger charge is 2.45. The van der Waals surface area contributed by atoms with Gasteiger partial charge in [0.25, 0.3) is 0 Å². The van der Waals surface area contributed by atoms with Gasteiger partial charge in [0.05, 0.1) is 12.2 Å². The molecule has 0 N–H and O–H groups in total. The van der Waals surface area contributed by atoms with Crippen molar-refractivity contribution in [2.24, 2.45) is 5.41 Å². The van der Waals surface area contributed by atoms with Crippen LogP contribution < -0.4 is 0 Å². The second kappa shape index (κ2) is 2.81. The quantitative estimate of drug-likeness (QED) is 0.574. The Bertz CT molecular complexity index is 220. The number of hydrogen-bond acceptors (Lipinski definition) is 2. The molecule has 1 spiro atoms. The fraction of sp³-hybridized carbons (Fsp3) is 0.909. The largest absolute Gasteiger partial charge is 0.374 e. The summed E-state index contributed by atoms with van der Waals surface area (Å²) < 4.78 is 5.89. The van der Waals surface area contributed by atoms with Gasteiger partial charge in [-0.15, -0.1) is 0 Å². The smallest absolute Gasteiger partial charge is 0.133 e. The van der Waals surface area contributed by atoms with Crippen LogP contribution in [0.15, 0.2) is 0 Å². The van der Waals surface area contributed by atoms with Gasteiger partial charge in [-0.1, -0.05) is 13.8 Å². The average molecular weight is 182 g/mol. The van der Waals surface area contributed by atoms with E-state index in [2.05, 4.69) is 13.8 Å². The fourth-order valence-electron chi connectivity index (χ4n) is 2.63. The van der Waals surface area contributed by atoms with Crippen LogP contribution in [-0.2, 0) is 9.53 Å². The molecule has 2 rings (SSSR count). The van der Waals surface area contributed by atoms with Gasteiger partial charge < -0.3 is 4.74 Å². The van der Waals surface area contributed by atoms with Crippen LogP contribution >= 0.6 is 0 Å². The van der Waals surface area contributed by atoms with Gasteiger partial charge in [0.2, 0.25) is 0 Å². The Morgan fingerprint density at radius 3 is 2.31 bits per heavy atom. The van der Waals surface area contributed by atoms with Crippen LogP contribution in [0.3, 0.4) is 0 Å². The molecule has 1 aliphatic heterocycles. The molecular weight excluding hydrogens is 164 g/mol. The first-order valence-electron chi connectivity index (χ1n) is 5.17. The monoisotopic (exact) mass is 182 g/mol. The van der Waals surface area contributed by atoms with Crippen molar-refractivity contribution in [3.63, 3.8) is 0 Å². The molecule has 0 aromatic rings. The van der Waals surface area contributed by atoms with E-state index < -0.39 is 0 Å². The lowest BCUT2D eigenvalue weighted by molar-refractivity contribution is -0.126. The SMILES string of the molecule is CC1(C)COC2(CCC(=O)CC2)C1. The number of Topliss-reactive ketones (excluding diaryl/α,β-unsaturated/α-hetero) is 1. The number of rotatable bonds is 0. The Labute approximate surface area is 79.7 Å². The summed E-state index contributed by atoms with van der Waals surface area (Å²) in [6.07, 6.45) is 4.50. The van der Waals surface area contributed by atoms with Crippen molar-refractivity contribution >= 4 is 5.78 Å². The second-order valence-corrected chi connectivity index (χ2v) is 5.35. The maximum Gasteiger partial charge on any atom is 0.133 e. The van der Waals surface area contributed by atoms with E-state index >= 15 is 0 Å². The standard InChI is InChI=1S/C11H18O2/c1-10(2)7-11(13-8-10)5-3-9(12)4-6-11/h3-8H2,1-2H3. The molecule has 2 heteroatoms. The summed E-state index contributed by atoms with van der Waals surface area (Å²) >= 11 is 0. The van der Waals surface area contributed by atoms with E-state index in [0.29, 0.717) is 11.2 Å². The van der Waals surface area contributed by atoms with Gasteiger partial charge in [0.1, 0.15) is 5.78 Å². The summed E-state index contributed by atoms with van der Waals surface area (Å²) in [6.45, 7) is 5.36. The van der Waals surface area contributed by atoms with Gasteiger partial charge in [-0.3, -0.25) is 4.79 Å². The van der Waals surface area contributed by atoms with Crippen LogP contribution in [0.4, 0.5) is 0 Å². The Morgan fingerprint density at radius 2 is 1.85 bits per heavy atom. The van der Waals surface area contributed by atoms with E-state index in [4.69, 9.17) is 4.74 Å². The summed E-state index contributed by atoms with van der Waals surface area (Å²) in [4.78, 5) is 11.1. The molecule has 2 aliphatic rings. The van der Waals surface area contributed by atoms with E-state index in [1.165, 1.54) is 0 Å². The molecule has 0 bridgehead atoms. The van der Waals surface area contributed by atoms with Crippen LogP contribution in [0, 0.1) is 5.41 Å². The molecule has 0 radical (unpaired) electrons. The van der Waals surface area contributed by atoms with Crippen molar-refractivity contribution in [3.05, 3.63) is 0 Å². The fourth-order valence-corrected chi connectivity index (χ4v) is 2.63. The Kier molecular flexibility index (Phi) is 1.99. The first-order valence-corrected chi connectivity index (χ1v) is 5.17. The summed E-state index contributed by atoms with van der Waals surface area (Å²) in [5.41, 5.74) is 0.387. The molecule has 1 saturated carbocycles. The van der Waals surface area contributed by atoms with Gasteiger partial charge >= 0.3 is 0 Å². The third-order valence-electron chi connectivity index (χ3n) is 3.29. The summed E-state index contributed by atoms with van der Waals surface area (Å²) in [5.74, 6) is 0.416. The van der Waals surface area contributed by atoms with E-state index in [-0.39, 0.29) is 5.60 Å². The molecule has 1 saturated heterocycles. The lowest BCUT2D eigenvalue weighted by Gasteiger charge is -2.32. The minimum Gasteiger partial charge on any atom is -0.374 e. The lowest BCUT2D eigenvalue weighted by atomic mass is 9.76. The minimum atomic E-state index is 0.0669. The van der Waals surface area contributed by atoms with Gasteiger partial charge in [-0.2, -0.15) is 0 Å². The predicted octanol–water partition coefficient (Wildman–Crippen LogP) is 2.31. The van der Waals surface area contributed by atoms with Gasteiger partial charge in [-0.25, -0.2) is 0 Å². The van der Waals surface area contributed by atoms with Crippen molar-refractivity contribution in [2.75, 3.05) is 6.61 Å². The molecule has 74 valence electrons. The normalized spacial score (nSPS) is 31.1. The zero-order valence-electron chi connectivity index (χ0n) is 8.56. The third kappa shape index (κ3) is 1.78. The second-order valence-electron chi connectivity index (χ2n) is 5.35. The zero-order chi connectivity index (χ0) is 9.53. The third-order valence-corrected chi connectivity index (χ3v) is 3.29. The lowest BCUT2D eigenvalue weighted by Crippen LogP contribution is -2.34. The highest BCUT2D eigenvalue weighted by Crippen LogP contribution is 2.45. The predicted molar refractivity (Wildman–Crippen MR) is 50.6 cm³/mol. The molecule has 2 nitrogen and oxygen atoms in total. The van der Waals surface area contributed by atoms with Gasteiger partial charge in [-0.05, 0) is 24.7 Å². The Morgan fingerprint density at radius 1 is 1.23 bits per heavy atom. The molecule has 1 aliphatic carbocycles. The number of ether oxygens (including phenoxy) is 1. The number of carbonyl (C=O) groups excluding carboxylic acids is 1. The number of hydrogen-bond donors (Lipinski definition) is 0. The molecule has 0 aromatic heterocycles. The first kappa shape index (κ1) is 9.20. The van der Waals surface area contributed by atoms with Crippen LogP contribution in [0.5, 0.6) is 0 Å². The van der Waals surface area contributed by atoms with Gasteiger partial charge in [0.15, 0.2) is 0 Å². The Hall–Kier alpha value is -0.370. The number of carbonyl (C=O) groups is 1. The molecule has 1 heterocycles. The molecule has 13 heavy (non-hydrogen) atoms. The molecule has 0 amide bonds. The van der Waals surface area contributed by atoms with Crippen molar-refractivity contribution in [1.82, 2.24) is 0 Å². The first-order chi connectivity index (χ1) is 6.02. The number of ketones is 1. The summed E-state index contributed by atoms with van der Waals surface area (Å²) in [5, 5.41) is 0. The molecule has 0 atom stereocenters. The molecule has 0 aromatic carbocycles. The van der Waals surface area contributed by atoms with Gasteiger partial charge in [0, 0.05) is 12.8 Å². The van der Waals surface area contributed by atoms with Crippen molar-refractivity contribution < 1.29 is 9.53 Å².